The lowest BCUT2D eigenvalue weighted by atomic mass is 10.1. The van der Waals surface area contributed by atoms with Gasteiger partial charge < -0.3 is 4.74 Å². The zero-order valence-electron chi connectivity index (χ0n) is 8.32. The lowest BCUT2D eigenvalue weighted by molar-refractivity contribution is -0.139. The van der Waals surface area contributed by atoms with Crippen molar-refractivity contribution in [3.63, 3.8) is 0 Å². The van der Waals surface area contributed by atoms with E-state index >= 15 is 0 Å². The van der Waals surface area contributed by atoms with Crippen LogP contribution in [-0.4, -0.2) is 13.1 Å². The SMILES string of the molecule is COC(=O)Cc1cccc(C2CC2)c1. The van der Waals surface area contributed by atoms with Gasteiger partial charge >= 0.3 is 5.97 Å². The molecule has 1 saturated carbocycles. The Morgan fingerprint density at radius 2 is 2.29 bits per heavy atom. The molecule has 2 nitrogen and oxygen atoms in total. The van der Waals surface area contributed by atoms with Crippen molar-refractivity contribution in [2.75, 3.05) is 7.11 Å². The number of esters is 1. The lowest BCUT2D eigenvalue weighted by Crippen LogP contribution is -2.04. The Morgan fingerprint density at radius 3 is 2.93 bits per heavy atom. The molecule has 0 atom stereocenters. The van der Waals surface area contributed by atoms with Gasteiger partial charge in [0.15, 0.2) is 0 Å². The molecule has 0 saturated heterocycles. The topological polar surface area (TPSA) is 26.3 Å². The van der Waals surface area contributed by atoms with E-state index in [1.54, 1.807) is 0 Å². The molecule has 1 aliphatic carbocycles. The summed E-state index contributed by atoms with van der Waals surface area (Å²) in [5.41, 5.74) is 2.42. The second-order valence-corrected chi connectivity index (χ2v) is 3.77. The minimum absolute atomic E-state index is 0.169. The third-order valence-corrected chi connectivity index (χ3v) is 2.58. The Labute approximate surface area is 83.9 Å². The fraction of sp³-hybridized carbons (Fsp3) is 0.417. The molecule has 0 spiro atoms. The van der Waals surface area contributed by atoms with Crippen LogP contribution in [0.3, 0.4) is 0 Å². The van der Waals surface area contributed by atoms with Gasteiger partial charge in [0.2, 0.25) is 0 Å². The van der Waals surface area contributed by atoms with Crippen LogP contribution in [0, 0.1) is 0 Å². The van der Waals surface area contributed by atoms with E-state index in [1.165, 1.54) is 25.5 Å². The first-order valence-corrected chi connectivity index (χ1v) is 4.95. The van der Waals surface area contributed by atoms with Crippen molar-refractivity contribution in [1.29, 1.82) is 0 Å². The summed E-state index contributed by atoms with van der Waals surface area (Å²) in [5, 5.41) is 0. The van der Waals surface area contributed by atoms with Crippen LogP contribution in [0.1, 0.15) is 29.9 Å². The lowest BCUT2D eigenvalue weighted by Gasteiger charge is -2.02. The van der Waals surface area contributed by atoms with Crippen LogP contribution in [0.25, 0.3) is 0 Å². The number of ether oxygens (including phenoxy) is 1. The van der Waals surface area contributed by atoms with Gasteiger partial charge in [-0.3, -0.25) is 4.79 Å². The number of methoxy groups -OCH3 is 1. The summed E-state index contributed by atoms with van der Waals surface area (Å²) in [6.45, 7) is 0. The predicted octanol–water partition coefficient (Wildman–Crippen LogP) is 2.28. The van der Waals surface area contributed by atoms with Gasteiger partial charge in [0.1, 0.15) is 0 Å². The maximum absolute atomic E-state index is 11.1. The van der Waals surface area contributed by atoms with Crippen molar-refractivity contribution in [3.8, 4) is 0 Å². The Hall–Kier alpha value is -1.31. The quantitative estimate of drug-likeness (QED) is 0.683. The molecule has 0 aliphatic heterocycles. The van der Waals surface area contributed by atoms with Crippen molar-refractivity contribution in [2.45, 2.75) is 25.2 Å². The molecule has 74 valence electrons. The summed E-state index contributed by atoms with van der Waals surface area (Å²) < 4.78 is 4.63. The highest BCUT2D eigenvalue weighted by Crippen LogP contribution is 2.40. The van der Waals surface area contributed by atoms with Gasteiger partial charge in [0, 0.05) is 0 Å². The Morgan fingerprint density at radius 1 is 1.50 bits per heavy atom. The van der Waals surface area contributed by atoms with Gasteiger partial charge in [-0.05, 0) is 29.9 Å². The summed E-state index contributed by atoms with van der Waals surface area (Å²) in [6, 6.07) is 8.25. The monoisotopic (exact) mass is 190 g/mol. The normalized spacial score (nSPS) is 15.2. The van der Waals surface area contributed by atoms with Crippen LogP contribution in [0.2, 0.25) is 0 Å². The first-order chi connectivity index (χ1) is 6.79. The van der Waals surface area contributed by atoms with Crippen LogP contribution in [0.15, 0.2) is 24.3 Å². The molecule has 0 amide bonds. The van der Waals surface area contributed by atoms with E-state index < -0.39 is 0 Å². The molecule has 1 fully saturated rings. The van der Waals surface area contributed by atoms with Crippen molar-refractivity contribution in [2.24, 2.45) is 0 Å². The molecule has 0 radical (unpaired) electrons. The average Bonchev–Trinajstić information content (AvgIpc) is 3.01. The molecular weight excluding hydrogens is 176 g/mol. The average molecular weight is 190 g/mol. The van der Waals surface area contributed by atoms with Gasteiger partial charge in [-0.25, -0.2) is 0 Å². The van der Waals surface area contributed by atoms with E-state index in [2.05, 4.69) is 16.9 Å². The van der Waals surface area contributed by atoms with E-state index in [1.807, 2.05) is 12.1 Å². The zero-order valence-corrected chi connectivity index (χ0v) is 8.32. The van der Waals surface area contributed by atoms with Crippen LogP contribution in [0.5, 0.6) is 0 Å². The molecule has 14 heavy (non-hydrogen) atoms. The number of hydrogen-bond acceptors (Lipinski definition) is 2. The molecule has 1 aromatic rings. The largest absolute Gasteiger partial charge is 0.469 e. The molecule has 2 heteroatoms. The van der Waals surface area contributed by atoms with E-state index in [0.29, 0.717) is 6.42 Å². The molecular formula is C12H14O2. The second-order valence-electron chi connectivity index (χ2n) is 3.77. The highest BCUT2D eigenvalue weighted by molar-refractivity contribution is 5.72. The Kier molecular flexibility index (Phi) is 2.53. The highest BCUT2D eigenvalue weighted by atomic mass is 16.5. The third-order valence-electron chi connectivity index (χ3n) is 2.58. The predicted molar refractivity (Wildman–Crippen MR) is 54.1 cm³/mol. The summed E-state index contributed by atoms with van der Waals surface area (Å²) >= 11 is 0. The summed E-state index contributed by atoms with van der Waals surface area (Å²) in [6.07, 6.45) is 2.97. The van der Waals surface area contributed by atoms with E-state index in [-0.39, 0.29) is 5.97 Å². The van der Waals surface area contributed by atoms with Crippen LogP contribution >= 0.6 is 0 Å². The Bertz CT molecular complexity index is 340. The summed E-state index contributed by atoms with van der Waals surface area (Å²) in [4.78, 5) is 11.1. The van der Waals surface area contributed by atoms with E-state index in [9.17, 15) is 4.79 Å². The molecule has 0 bridgehead atoms. The zero-order chi connectivity index (χ0) is 9.97. The number of benzene rings is 1. The highest BCUT2D eigenvalue weighted by Gasteiger charge is 2.23. The number of carbonyl (C=O) groups excluding carboxylic acids is 1. The minimum atomic E-state index is -0.169. The van der Waals surface area contributed by atoms with Gasteiger partial charge in [-0.1, -0.05) is 24.3 Å². The van der Waals surface area contributed by atoms with Crippen molar-refractivity contribution < 1.29 is 9.53 Å². The Balaban J connectivity index is 2.09. The number of carbonyl (C=O) groups is 1. The molecule has 2 rings (SSSR count). The smallest absolute Gasteiger partial charge is 0.309 e. The number of hydrogen-bond donors (Lipinski definition) is 0. The van der Waals surface area contributed by atoms with Crippen LogP contribution in [0.4, 0.5) is 0 Å². The molecule has 0 aromatic heterocycles. The van der Waals surface area contributed by atoms with Gasteiger partial charge in [-0.2, -0.15) is 0 Å². The fourth-order valence-electron chi connectivity index (χ4n) is 1.61. The summed E-state index contributed by atoms with van der Waals surface area (Å²) in [7, 11) is 1.42. The summed E-state index contributed by atoms with van der Waals surface area (Å²) in [5.74, 6) is 0.575. The number of rotatable bonds is 3. The van der Waals surface area contributed by atoms with E-state index in [0.717, 1.165) is 11.5 Å². The molecule has 0 N–H and O–H groups in total. The van der Waals surface area contributed by atoms with Crippen molar-refractivity contribution >= 4 is 5.97 Å². The van der Waals surface area contributed by atoms with Crippen LogP contribution in [-0.2, 0) is 16.0 Å². The maximum atomic E-state index is 11.1. The molecule has 1 aromatic carbocycles. The first-order valence-electron chi connectivity index (χ1n) is 4.95. The molecule has 1 aliphatic rings. The van der Waals surface area contributed by atoms with Crippen molar-refractivity contribution in [1.82, 2.24) is 0 Å². The minimum Gasteiger partial charge on any atom is -0.469 e. The van der Waals surface area contributed by atoms with Gasteiger partial charge in [0.05, 0.1) is 13.5 Å². The molecule has 0 heterocycles. The van der Waals surface area contributed by atoms with Gasteiger partial charge in [-0.15, -0.1) is 0 Å². The maximum Gasteiger partial charge on any atom is 0.309 e. The second kappa shape index (κ2) is 3.82. The van der Waals surface area contributed by atoms with Crippen molar-refractivity contribution in [3.05, 3.63) is 35.4 Å². The van der Waals surface area contributed by atoms with Crippen LogP contribution < -0.4 is 0 Å². The third kappa shape index (κ3) is 2.13. The van der Waals surface area contributed by atoms with E-state index in [4.69, 9.17) is 0 Å². The van der Waals surface area contributed by atoms with Gasteiger partial charge in [0.25, 0.3) is 0 Å². The molecule has 0 unspecified atom stereocenters. The fourth-order valence-corrected chi connectivity index (χ4v) is 1.61. The first kappa shape index (κ1) is 9.25. The standard InChI is InChI=1S/C12H14O2/c1-14-12(13)8-9-3-2-4-11(7-9)10-5-6-10/h2-4,7,10H,5-6,8H2,1H3.